The van der Waals surface area contributed by atoms with E-state index in [4.69, 9.17) is 15.3 Å². The molecule has 9 heteroatoms. The maximum Gasteiger partial charge on any atom is 0.360 e. The molecule has 2 rings (SSSR count). The minimum absolute atomic E-state index is 0.0732. The zero-order chi connectivity index (χ0) is 15.4. The van der Waals surface area contributed by atoms with E-state index < -0.39 is 17.1 Å². The second-order valence-corrected chi connectivity index (χ2v) is 4.17. The summed E-state index contributed by atoms with van der Waals surface area (Å²) in [5, 5.41) is 16.7. The third kappa shape index (κ3) is 3.08. The number of ether oxygens (including phenoxy) is 1. The Hall–Kier alpha value is -2.68. The van der Waals surface area contributed by atoms with Crippen molar-refractivity contribution in [3.63, 3.8) is 0 Å². The molecule has 0 amide bonds. The molecule has 0 aromatic carbocycles. The second-order valence-electron chi connectivity index (χ2n) is 4.17. The monoisotopic (exact) mass is 294 g/mol. The van der Waals surface area contributed by atoms with Crippen molar-refractivity contribution in [2.24, 2.45) is 5.73 Å². The summed E-state index contributed by atoms with van der Waals surface area (Å²) in [5.74, 6) is -0.830. The van der Waals surface area contributed by atoms with Gasteiger partial charge in [0.05, 0.1) is 12.8 Å². The molecule has 2 aromatic heterocycles. The highest BCUT2D eigenvalue weighted by molar-refractivity contribution is 5.88. The molecule has 0 fully saturated rings. The van der Waals surface area contributed by atoms with Crippen LogP contribution in [0.3, 0.4) is 0 Å². The number of aromatic hydroxyl groups is 1. The van der Waals surface area contributed by atoms with Crippen molar-refractivity contribution in [3.8, 4) is 5.75 Å². The normalized spacial score (nSPS) is 10.6. The van der Waals surface area contributed by atoms with Crippen LogP contribution < -0.4 is 11.2 Å². The van der Waals surface area contributed by atoms with E-state index in [0.717, 1.165) is 12.3 Å². The van der Waals surface area contributed by atoms with Crippen molar-refractivity contribution in [1.82, 2.24) is 15.0 Å². The zero-order valence-electron chi connectivity index (χ0n) is 11.3. The van der Waals surface area contributed by atoms with Gasteiger partial charge in [-0.1, -0.05) is 5.21 Å². The molecule has 0 spiro atoms. The quantitative estimate of drug-likeness (QED) is 0.689. The van der Waals surface area contributed by atoms with Crippen LogP contribution >= 0.6 is 0 Å². The number of hydrogen-bond acceptors (Lipinski definition) is 8. The number of methoxy groups -OCH3 is 1. The molecular weight excluding hydrogens is 280 g/mol. The maximum absolute atomic E-state index is 11.6. The smallest absolute Gasteiger partial charge is 0.360 e. The first-order chi connectivity index (χ1) is 10.1. The van der Waals surface area contributed by atoms with Gasteiger partial charge >= 0.3 is 5.97 Å². The summed E-state index contributed by atoms with van der Waals surface area (Å²) in [7, 11) is 1.24. The average molecular weight is 294 g/mol. The van der Waals surface area contributed by atoms with Crippen LogP contribution in [0.4, 0.5) is 0 Å². The van der Waals surface area contributed by atoms with Crippen LogP contribution in [0.15, 0.2) is 21.5 Å². The van der Waals surface area contributed by atoms with Crippen molar-refractivity contribution in [3.05, 3.63) is 39.7 Å². The predicted molar refractivity (Wildman–Crippen MR) is 69.9 cm³/mol. The molecule has 0 bridgehead atoms. The average Bonchev–Trinajstić information content (AvgIpc) is 2.85. The molecule has 0 radical (unpaired) electrons. The van der Waals surface area contributed by atoms with Gasteiger partial charge in [0.25, 0.3) is 0 Å². The van der Waals surface area contributed by atoms with E-state index in [1.165, 1.54) is 11.8 Å². The third-order valence-corrected chi connectivity index (χ3v) is 2.77. The molecule has 0 atom stereocenters. The van der Waals surface area contributed by atoms with E-state index in [0.29, 0.717) is 12.1 Å². The molecule has 2 heterocycles. The van der Waals surface area contributed by atoms with Gasteiger partial charge in [0.1, 0.15) is 18.6 Å². The topological polar surface area (TPSA) is 133 Å². The van der Waals surface area contributed by atoms with Gasteiger partial charge in [0, 0.05) is 12.5 Å². The number of nitrogens with two attached hydrogens (primary N) is 1. The number of carbonyl (C=O) groups excluding carboxylic acids is 1. The fourth-order valence-corrected chi connectivity index (χ4v) is 1.77. The summed E-state index contributed by atoms with van der Waals surface area (Å²) in [6, 6.07) is 1.14. The number of rotatable bonds is 5. The van der Waals surface area contributed by atoms with E-state index in [9.17, 15) is 9.59 Å². The Bertz CT molecular complexity index is 706. The summed E-state index contributed by atoms with van der Waals surface area (Å²) in [4.78, 5) is 22.9. The Morgan fingerprint density at radius 2 is 2.33 bits per heavy atom. The Morgan fingerprint density at radius 3 is 2.95 bits per heavy atom. The van der Waals surface area contributed by atoms with Crippen LogP contribution in [-0.2, 0) is 17.7 Å². The second kappa shape index (κ2) is 6.18. The summed E-state index contributed by atoms with van der Waals surface area (Å²) < 4.78 is 11.1. The first-order valence-corrected chi connectivity index (χ1v) is 6.08. The van der Waals surface area contributed by atoms with Crippen molar-refractivity contribution in [2.45, 2.75) is 13.0 Å². The number of hydrogen-bond donors (Lipinski definition) is 2. The van der Waals surface area contributed by atoms with Crippen molar-refractivity contribution < 1.29 is 19.1 Å². The van der Waals surface area contributed by atoms with E-state index in [1.54, 1.807) is 0 Å². The van der Waals surface area contributed by atoms with E-state index in [-0.39, 0.29) is 24.5 Å². The summed E-state index contributed by atoms with van der Waals surface area (Å²) in [6.07, 6.45) is 1.30. The first-order valence-electron chi connectivity index (χ1n) is 6.08. The highest BCUT2D eigenvalue weighted by Crippen LogP contribution is 2.11. The van der Waals surface area contributed by atoms with E-state index in [2.05, 4.69) is 15.0 Å². The predicted octanol–water partition coefficient (Wildman–Crippen LogP) is -0.727. The highest BCUT2D eigenvalue weighted by atomic mass is 16.5. The van der Waals surface area contributed by atoms with Crippen molar-refractivity contribution in [1.29, 1.82) is 0 Å². The standard InChI is InChI=1S/C12H14N4O5/c1-20-12(19)11-8(2-3-13)16(15-14-11)5-7-4-9(17)10(18)6-21-7/h4,6,18H,2-3,5,13H2,1H3. The van der Waals surface area contributed by atoms with Crippen LogP contribution in [0.2, 0.25) is 0 Å². The lowest BCUT2D eigenvalue weighted by atomic mass is 10.2. The number of carbonyl (C=O) groups is 1. The van der Waals surface area contributed by atoms with Crippen LogP contribution in [-0.4, -0.2) is 39.7 Å². The van der Waals surface area contributed by atoms with Crippen LogP contribution in [0.1, 0.15) is 21.9 Å². The van der Waals surface area contributed by atoms with Crippen molar-refractivity contribution in [2.75, 3.05) is 13.7 Å². The van der Waals surface area contributed by atoms with Gasteiger partial charge in [0.15, 0.2) is 11.4 Å². The molecule has 21 heavy (non-hydrogen) atoms. The zero-order valence-corrected chi connectivity index (χ0v) is 11.3. The lowest BCUT2D eigenvalue weighted by Gasteiger charge is -2.06. The van der Waals surface area contributed by atoms with Gasteiger partial charge in [0.2, 0.25) is 5.43 Å². The fraction of sp³-hybridized carbons (Fsp3) is 0.333. The minimum atomic E-state index is -0.614. The Morgan fingerprint density at radius 1 is 1.57 bits per heavy atom. The molecular formula is C12H14N4O5. The molecule has 0 unspecified atom stereocenters. The Balaban J connectivity index is 2.35. The SMILES string of the molecule is COC(=O)c1nnn(Cc2cc(=O)c(O)co2)c1CCN. The summed E-state index contributed by atoms with van der Waals surface area (Å²) in [6.45, 7) is 0.367. The number of nitrogens with zero attached hydrogens (tertiary/aromatic N) is 3. The minimum Gasteiger partial charge on any atom is -0.502 e. The van der Waals surface area contributed by atoms with Crippen molar-refractivity contribution >= 4 is 5.97 Å². The van der Waals surface area contributed by atoms with Gasteiger partial charge in [-0.25, -0.2) is 9.48 Å². The molecule has 0 aliphatic carbocycles. The molecule has 2 aromatic rings. The molecule has 0 saturated carbocycles. The third-order valence-electron chi connectivity index (χ3n) is 2.77. The fourth-order valence-electron chi connectivity index (χ4n) is 1.77. The van der Waals surface area contributed by atoms with Gasteiger partial charge < -0.3 is 20.0 Å². The Labute approximate surface area is 118 Å². The number of esters is 1. The molecule has 3 N–H and O–H groups in total. The lowest BCUT2D eigenvalue weighted by molar-refractivity contribution is 0.0592. The number of aromatic nitrogens is 3. The van der Waals surface area contributed by atoms with Crippen LogP contribution in [0, 0.1) is 0 Å². The van der Waals surface area contributed by atoms with Gasteiger partial charge in [-0.2, -0.15) is 0 Å². The molecule has 9 nitrogen and oxygen atoms in total. The highest BCUT2D eigenvalue weighted by Gasteiger charge is 2.20. The summed E-state index contributed by atoms with van der Waals surface area (Å²) in [5.41, 5.74) is 5.50. The first kappa shape index (κ1) is 14.7. The largest absolute Gasteiger partial charge is 0.502 e. The van der Waals surface area contributed by atoms with E-state index >= 15 is 0 Å². The Kier molecular flexibility index (Phi) is 4.33. The molecule has 0 aliphatic rings. The molecule has 0 saturated heterocycles. The van der Waals surface area contributed by atoms with Crippen LogP contribution in [0.5, 0.6) is 5.75 Å². The van der Waals surface area contributed by atoms with Gasteiger partial charge in [-0.3, -0.25) is 4.79 Å². The maximum atomic E-state index is 11.6. The van der Waals surface area contributed by atoms with Crippen LogP contribution in [0.25, 0.3) is 0 Å². The lowest BCUT2D eigenvalue weighted by Crippen LogP contribution is -2.15. The van der Waals surface area contributed by atoms with E-state index in [1.807, 2.05) is 0 Å². The van der Waals surface area contributed by atoms with Gasteiger partial charge in [-0.05, 0) is 6.54 Å². The summed E-state index contributed by atoms with van der Waals surface area (Å²) >= 11 is 0. The van der Waals surface area contributed by atoms with Gasteiger partial charge in [-0.15, -0.1) is 5.10 Å². The molecule has 0 aliphatic heterocycles. The molecule has 112 valence electrons.